The van der Waals surface area contributed by atoms with Gasteiger partial charge in [-0.25, -0.2) is 0 Å². The fourth-order valence-electron chi connectivity index (χ4n) is 1.69. The minimum atomic E-state index is -0.578. The van der Waals surface area contributed by atoms with Crippen molar-refractivity contribution in [1.29, 1.82) is 0 Å². The van der Waals surface area contributed by atoms with E-state index in [2.05, 4.69) is 16.8 Å². The van der Waals surface area contributed by atoms with Gasteiger partial charge in [0.25, 0.3) is 0 Å². The van der Waals surface area contributed by atoms with E-state index in [9.17, 15) is 4.79 Å². The van der Waals surface area contributed by atoms with E-state index in [1.807, 2.05) is 19.9 Å². The van der Waals surface area contributed by atoms with E-state index >= 15 is 0 Å². The second-order valence-corrected chi connectivity index (χ2v) is 6.92. The summed E-state index contributed by atoms with van der Waals surface area (Å²) < 4.78 is 6.43. The van der Waals surface area contributed by atoms with Crippen LogP contribution in [0.3, 0.4) is 0 Å². The molecule has 1 heterocycles. The van der Waals surface area contributed by atoms with Crippen LogP contribution in [-0.2, 0) is 9.53 Å². The molecular formula is C13H19NO2S2. The molecule has 1 fully saturated rings. The van der Waals surface area contributed by atoms with Crippen molar-refractivity contribution in [3.05, 3.63) is 17.5 Å². The normalized spacial score (nSPS) is 18.3. The molecule has 0 aromatic carbocycles. The number of carbonyl (C=O) groups is 1. The summed E-state index contributed by atoms with van der Waals surface area (Å²) in [5.74, 6) is 0.573. The number of hydrogen-bond acceptors (Lipinski definition) is 5. The highest BCUT2D eigenvalue weighted by molar-refractivity contribution is 8.01. The lowest BCUT2D eigenvalue weighted by Crippen LogP contribution is -2.53. The third-order valence-corrected chi connectivity index (χ3v) is 5.27. The quantitative estimate of drug-likeness (QED) is 0.617. The molecule has 0 radical (unpaired) electrons. The van der Waals surface area contributed by atoms with Crippen LogP contribution >= 0.6 is 23.1 Å². The molecule has 0 saturated heterocycles. The lowest BCUT2D eigenvalue weighted by Gasteiger charge is -2.28. The number of nitrogens with one attached hydrogen (secondary N) is 1. The van der Waals surface area contributed by atoms with Crippen LogP contribution in [0.15, 0.2) is 21.7 Å². The smallest absolute Gasteiger partial charge is 0.326 e. The highest BCUT2D eigenvalue weighted by Crippen LogP contribution is 2.30. The molecular weight excluding hydrogens is 266 g/mol. The van der Waals surface area contributed by atoms with Gasteiger partial charge in [-0.05, 0) is 38.1 Å². The predicted octanol–water partition coefficient (Wildman–Crippen LogP) is 2.91. The first-order valence-corrected chi connectivity index (χ1v) is 8.12. The van der Waals surface area contributed by atoms with E-state index in [1.54, 1.807) is 23.1 Å². The summed E-state index contributed by atoms with van der Waals surface area (Å²) in [6, 6.07) is 4.60. The van der Waals surface area contributed by atoms with Gasteiger partial charge >= 0.3 is 5.97 Å². The van der Waals surface area contributed by atoms with Crippen molar-refractivity contribution in [2.24, 2.45) is 0 Å². The van der Waals surface area contributed by atoms with Gasteiger partial charge in [0.1, 0.15) is 5.54 Å². The fraction of sp³-hybridized carbons (Fsp3) is 0.615. The first kappa shape index (κ1) is 13.9. The lowest BCUT2D eigenvalue weighted by molar-refractivity contribution is -0.149. The maximum absolute atomic E-state index is 12.1. The number of thioether (sulfide) groups is 1. The highest BCUT2D eigenvalue weighted by Gasteiger charge is 2.39. The van der Waals surface area contributed by atoms with E-state index in [-0.39, 0.29) is 5.97 Å². The van der Waals surface area contributed by atoms with Crippen molar-refractivity contribution in [3.63, 3.8) is 0 Å². The Morgan fingerprint density at radius 3 is 3.00 bits per heavy atom. The van der Waals surface area contributed by atoms with Crippen molar-refractivity contribution < 1.29 is 9.53 Å². The molecule has 1 unspecified atom stereocenters. The van der Waals surface area contributed by atoms with E-state index < -0.39 is 5.54 Å². The van der Waals surface area contributed by atoms with Crippen molar-refractivity contribution >= 4 is 29.1 Å². The van der Waals surface area contributed by atoms with Crippen LogP contribution in [0, 0.1) is 0 Å². The molecule has 5 heteroatoms. The van der Waals surface area contributed by atoms with E-state index in [0.717, 1.165) is 0 Å². The Morgan fingerprint density at radius 2 is 2.44 bits per heavy atom. The number of thiophene rings is 1. The molecule has 1 aromatic rings. The molecule has 3 nitrogen and oxygen atoms in total. The zero-order chi connectivity index (χ0) is 13.0. The summed E-state index contributed by atoms with van der Waals surface area (Å²) in [7, 11) is 0. The molecule has 0 aliphatic heterocycles. The van der Waals surface area contributed by atoms with Crippen molar-refractivity contribution in [3.8, 4) is 0 Å². The monoisotopic (exact) mass is 285 g/mol. The van der Waals surface area contributed by atoms with Crippen LogP contribution < -0.4 is 5.32 Å². The third kappa shape index (κ3) is 3.73. The van der Waals surface area contributed by atoms with Gasteiger partial charge in [0.05, 0.1) is 10.8 Å². The van der Waals surface area contributed by atoms with Gasteiger partial charge in [0.2, 0.25) is 0 Å². The maximum Gasteiger partial charge on any atom is 0.326 e. The molecule has 1 atom stereocenters. The van der Waals surface area contributed by atoms with Gasteiger partial charge < -0.3 is 4.74 Å². The highest BCUT2D eigenvalue weighted by atomic mass is 32.2. The SMILES string of the molecule is CCOC(=O)C(C)(CSc1cccs1)NC1CC1. The van der Waals surface area contributed by atoms with Crippen LogP contribution in [0.5, 0.6) is 0 Å². The molecule has 1 aromatic heterocycles. The van der Waals surface area contributed by atoms with Gasteiger partial charge in [-0.3, -0.25) is 10.1 Å². The minimum absolute atomic E-state index is 0.138. The fourth-order valence-corrected chi connectivity index (χ4v) is 3.56. The summed E-state index contributed by atoms with van der Waals surface area (Å²) in [5.41, 5.74) is -0.578. The average molecular weight is 285 g/mol. The summed E-state index contributed by atoms with van der Waals surface area (Å²) in [4.78, 5) is 12.1. The Bertz CT molecular complexity index is 390. The molecule has 0 amide bonds. The molecule has 100 valence electrons. The zero-order valence-electron chi connectivity index (χ0n) is 10.8. The number of hydrogen-bond donors (Lipinski definition) is 1. The first-order chi connectivity index (χ1) is 8.64. The first-order valence-electron chi connectivity index (χ1n) is 6.25. The second kappa shape index (κ2) is 6.08. The van der Waals surface area contributed by atoms with Gasteiger partial charge in [-0.15, -0.1) is 23.1 Å². The molecule has 0 spiro atoms. The molecule has 1 aliphatic carbocycles. The number of esters is 1. The topological polar surface area (TPSA) is 38.3 Å². The summed E-state index contributed by atoms with van der Waals surface area (Å²) in [6.07, 6.45) is 2.33. The average Bonchev–Trinajstić information content (AvgIpc) is 2.99. The maximum atomic E-state index is 12.1. The molecule has 1 N–H and O–H groups in total. The Kier molecular flexibility index (Phi) is 4.70. The third-order valence-electron chi connectivity index (χ3n) is 2.82. The Balaban J connectivity index is 1.96. The summed E-state index contributed by atoms with van der Waals surface area (Å²) in [5, 5.41) is 5.48. The van der Waals surface area contributed by atoms with E-state index in [1.165, 1.54) is 17.1 Å². The number of ether oxygens (including phenoxy) is 1. The van der Waals surface area contributed by atoms with Crippen molar-refractivity contribution in [2.45, 2.75) is 42.5 Å². The van der Waals surface area contributed by atoms with Crippen LogP contribution in [0.25, 0.3) is 0 Å². The second-order valence-electron chi connectivity index (χ2n) is 4.69. The van der Waals surface area contributed by atoms with Gasteiger partial charge in [0.15, 0.2) is 0 Å². The van der Waals surface area contributed by atoms with Crippen LogP contribution in [0.1, 0.15) is 26.7 Å². The van der Waals surface area contributed by atoms with Crippen molar-refractivity contribution in [1.82, 2.24) is 5.32 Å². The van der Waals surface area contributed by atoms with Crippen LogP contribution in [-0.4, -0.2) is 29.9 Å². The van der Waals surface area contributed by atoms with Gasteiger partial charge in [0, 0.05) is 11.8 Å². The number of carbonyl (C=O) groups excluding carboxylic acids is 1. The lowest BCUT2D eigenvalue weighted by atomic mass is 10.1. The van der Waals surface area contributed by atoms with E-state index in [0.29, 0.717) is 18.4 Å². The Hall–Kier alpha value is -0.520. The van der Waals surface area contributed by atoms with Crippen LogP contribution in [0.4, 0.5) is 0 Å². The Labute approximate surface area is 116 Å². The molecule has 2 rings (SSSR count). The van der Waals surface area contributed by atoms with Crippen LogP contribution in [0.2, 0.25) is 0 Å². The predicted molar refractivity (Wildman–Crippen MR) is 76.2 cm³/mol. The Morgan fingerprint density at radius 1 is 1.67 bits per heavy atom. The van der Waals surface area contributed by atoms with Gasteiger partial charge in [-0.2, -0.15) is 0 Å². The summed E-state index contributed by atoms with van der Waals surface area (Å²) in [6.45, 7) is 4.23. The van der Waals surface area contributed by atoms with E-state index in [4.69, 9.17) is 4.74 Å². The molecule has 1 aliphatic rings. The minimum Gasteiger partial charge on any atom is -0.465 e. The largest absolute Gasteiger partial charge is 0.465 e. The molecule has 18 heavy (non-hydrogen) atoms. The summed E-state index contributed by atoms with van der Waals surface area (Å²) >= 11 is 3.42. The molecule has 1 saturated carbocycles. The van der Waals surface area contributed by atoms with Gasteiger partial charge in [-0.1, -0.05) is 6.07 Å². The van der Waals surface area contributed by atoms with Crippen molar-refractivity contribution in [2.75, 3.05) is 12.4 Å². The molecule has 0 bridgehead atoms. The zero-order valence-corrected chi connectivity index (χ0v) is 12.4. The number of rotatable bonds is 7. The standard InChI is InChI=1S/C13H19NO2S2/c1-3-16-12(15)13(2,14-10-6-7-10)9-18-11-5-4-8-17-11/h4-5,8,10,14H,3,6-7,9H2,1-2H3.